The summed E-state index contributed by atoms with van der Waals surface area (Å²) < 4.78 is 16.4. The van der Waals surface area contributed by atoms with E-state index in [1.54, 1.807) is 20.8 Å². The molecule has 0 saturated carbocycles. The standard InChI is InChI=1S/C8H14FNO3/c1-5(6(9)11)13-7(12)10-8(2,3)4/h5H,1-4H3,(H,10,12)/t5-/m0/s1. The van der Waals surface area contributed by atoms with Gasteiger partial charge in [-0.1, -0.05) is 0 Å². The highest BCUT2D eigenvalue weighted by Crippen LogP contribution is 2.01. The topological polar surface area (TPSA) is 55.4 Å². The molecule has 1 atom stereocenters. The number of halogens is 1. The lowest BCUT2D eigenvalue weighted by Gasteiger charge is -2.20. The molecule has 0 bridgehead atoms. The zero-order chi connectivity index (χ0) is 10.6. The molecule has 0 aromatic rings. The summed E-state index contributed by atoms with van der Waals surface area (Å²) in [5.41, 5.74) is -0.462. The number of hydrogen-bond donors (Lipinski definition) is 1. The minimum absolute atomic E-state index is 0.462. The van der Waals surface area contributed by atoms with Crippen molar-refractivity contribution in [3.05, 3.63) is 0 Å². The summed E-state index contributed by atoms with van der Waals surface area (Å²) in [4.78, 5) is 21.0. The van der Waals surface area contributed by atoms with Crippen LogP contribution in [0.1, 0.15) is 27.7 Å². The molecule has 0 rings (SSSR count). The van der Waals surface area contributed by atoms with Crippen molar-refractivity contribution in [2.75, 3.05) is 0 Å². The molecule has 0 aliphatic rings. The third kappa shape index (κ3) is 6.07. The number of ether oxygens (including phenoxy) is 1. The second-order valence-corrected chi connectivity index (χ2v) is 3.73. The Hall–Kier alpha value is -1.13. The quantitative estimate of drug-likeness (QED) is 0.671. The molecular formula is C8H14FNO3. The van der Waals surface area contributed by atoms with Crippen LogP contribution in [0.5, 0.6) is 0 Å². The van der Waals surface area contributed by atoms with Crippen LogP contribution in [0.25, 0.3) is 0 Å². The fourth-order valence-electron chi connectivity index (χ4n) is 0.543. The van der Waals surface area contributed by atoms with Gasteiger partial charge in [0.05, 0.1) is 0 Å². The Morgan fingerprint density at radius 3 is 2.15 bits per heavy atom. The van der Waals surface area contributed by atoms with Crippen LogP contribution in [0, 0.1) is 0 Å². The number of carbonyl (C=O) groups is 2. The van der Waals surface area contributed by atoms with Crippen LogP contribution in [0.4, 0.5) is 9.18 Å². The molecule has 1 N–H and O–H groups in total. The summed E-state index contributed by atoms with van der Waals surface area (Å²) in [6.45, 7) is 6.41. The van der Waals surface area contributed by atoms with Gasteiger partial charge in [0.15, 0.2) is 6.10 Å². The van der Waals surface area contributed by atoms with Crippen LogP contribution < -0.4 is 5.32 Å². The van der Waals surface area contributed by atoms with E-state index in [9.17, 15) is 14.0 Å². The minimum atomic E-state index is -1.66. The van der Waals surface area contributed by atoms with Crippen molar-refractivity contribution in [3.63, 3.8) is 0 Å². The van der Waals surface area contributed by atoms with E-state index in [-0.39, 0.29) is 0 Å². The molecule has 0 fully saturated rings. The molecule has 0 unspecified atom stereocenters. The van der Waals surface area contributed by atoms with Crippen LogP contribution >= 0.6 is 0 Å². The van der Waals surface area contributed by atoms with E-state index in [2.05, 4.69) is 10.1 Å². The van der Waals surface area contributed by atoms with Gasteiger partial charge in [-0.05, 0) is 27.7 Å². The molecule has 0 saturated heterocycles. The Kier molecular flexibility index (Phi) is 3.84. The van der Waals surface area contributed by atoms with Crippen LogP contribution in [-0.4, -0.2) is 23.8 Å². The normalized spacial score (nSPS) is 13.3. The lowest BCUT2D eigenvalue weighted by molar-refractivity contribution is -0.137. The van der Waals surface area contributed by atoms with E-state index in [1.165, 1.54) is 6.92 Å². The molecule has 4 nitrogen and oxygen atoms in total. The first kappa shape index (κ1) is 11.9. The zero-order valence-electron chi connectivity index (χ0n) is 8.18. The maximum Gasteiger partial charge on any atom is 0.408 e. The van der Waals surface area contributed by atoms with Gasteiger partial charge < -0.3 is 10.1 Å². The molecular weight excluding hydrogens is 177 g/mol. The number of alkyl carbamates (subject to hydrolysis) is 1. The summed E-state index contributed by atoms with van der Waals surface area (Å²) in [5.74, 6) is 0. The van der Waals surface area contributed by atoms with Gasteiger partial charge in [0.1, 0.15) is 0 Å². The summed E-state index contributed by atoms with van der Waals surface area (Å²) in [7, 11) is 0. The van der Waals surface area contributed by atoms with Crippen molar-refractivity contribution in [1.82, 2.24) is 5.32 Å². The fraction of sp³-hybridized carbons (Fsp3) is 0.750. The van der Waals surface area contributed by atoms with E-state index in [0.29, 0.717) is 0 Å². The molecule has 0 spiro atoms. The smallest absolute Gasteiger partial charge is 0.408 e. The van der Waals surface area contributed by atoms with Crippen molar-refractivity contribution >= 4 is 12.1 Å². The average molecular weight is 191 g/mol. The maximum atomic E-state index is 11.9. The van der Waals surface area contributed by atoms with Crippen LogP contribution in [-0.2, 0) is 9.53 Å². The molecule has 0 aliphatic carbocycles. The van der Waals surface area contributed by atoms with Gasteiger partial charge in [-0.15, -0.1) is 0 Å². The second kappa shape index (κ2) is 4.20. The van der Waals surface area contributed by atoms with E-state index in [0.717, 1.165) is 0 Å². The Labute approximate surface area is 76.4 Å². The molecule has 76 valence electrons. The monoisotopic (exact) mass is 191 g/mol. The van der Waals surface area contributed by atoms with Gasteiger partial charge in [0.2, 0.25) is 0 Å². The Morgan fingerprint density at radius 2 is 1.85 bits per heavy atom. The van der Waals surface area contributed by atoms with Gasteiger partial charge in [0, 0.05) is 5.54 Å². The van der Waals surface area contributed by atoms with Gasteiger partial charge in [-0.25, -0.2) is 4.79 Å². The summed E-state index contributed by atoms with van der Waals surface area (Å²) in [6.07, 6.45) is -2.15. The minimum Gasteiger partial charge on any atom is -0.435 e. The van der Waals surface area contributed by atoms with Crippen LogP contribution in [0.2, 0.25) is 0 Å². The third-order valence-corrected chi connectivity index (χ3v) is 1.08. The maximum absolute atomic E-state index is 11.9. The lowest BCUT2D eigenvalue weighted by atomic mass is 10.1. The van der Waals surface area contributed by atoms with Crippen LogP contribution in [0.15, 0.2) is 0 Å². The Morgan fingerprint density at radius 1 is 1.38 bits per heavy atom. The van der Waals surface area contributed by atoms with Crippen molar-refractivity contribution < 1.29 is 18.7 Å². The number of amides is 1. The summed E-state index contributed by atoms with van der Waals surface area (Å²) in [6, 6.07) is -1.66. The number of rotatable bonds is 2. The van der Waals surface area contributed by atoms with E-state index < -0.39 is 23.8 Å². The fourth-order valence-corrected chi connectivity index (χ4v) is 0.543. The molecule has 0 aliphatic heterocycles. The van der Waals surface area contributed by atoms with Crippen molar-refractivity contribution in [2.24, 2.45) is 0 Å². The van der Waals surface area contributed by atoms with Crippen LogP contribution in [0.3, 0.4) is 0 Å². The average Bonchev–Trinajstić information content (AvgIpc) is 1.81. The molecule has 0 aromatic heterocycles. The van der Waals surface area contributed by atoms with E-state index in [1.807, 2.05) is 0 Å². The van der Waals surface area contributed by atoms with Gasteiger partial charge >= 0.3 is 12.1 Å². The largest absolute Gasteiger partial charge is 0.435 e. The first-order valence-corrected chi connectivity index (χ1v) is 3.90. The zero-order valence-corrected chi connectivity index (χ0v) is 8.18. The van der Waals surface area contributed by atoms with Crippen molar-refractivity contribution in [2.45, 2.75) is 39.3 Å². The molecule has 13 heavy (non-hydrogen) atoms. The molecule has 0 heterocycles. The number of carbonyl (C=O) groups excluding carboxylic acids is 2. The molecule has 1 amide bonds. The SMILES string of the molecule is C[C@H](OC(=O)NC(C)(C)C)C(=O)F. The summed E-state index contributed by atoms with van der Waals surface area (Å²) >= 11 is 0. The summed E-state index contributed by atoms with van der Waals surface area (Å²) in [5, 5.41) is 2.42. The van der Waals surface area contributed by atoms with Gasteiger partial charge in [-0.3, -0.25) is 4.79 Å². The lowest BCUT2D eigenvalue weighted by Crippen LogP contribution is -2.42. The van der Waals surface area contributed by atoms with E-state index >= 15 is 0 Å². The molecule has 0 radical (unpaired) electrons. The number of nitrogens with one attached hydrogen (secondary N) is 1. The predicted octanol–water partition coefficient (Wildman–Crippen LogP) is 1.40. The predicted molar refractivity (Wildman–Crippen MR) is 44.9 cm³/mol. The van der Waals surface area contributed by atoms with Gasteiger partial charge in [0.25, 0.3) is 0 Å². The highest BCUT2D eigenvalue weighted by molar-refractivity contribution is 5.77. The van der Waals surface area contributed by atoms with Crippen molar-refractivity contribution in [3.8, 4) is 0 Å². The highest BCUT2D eigenvalue weighted by atomic mass is 19.1. The Bertz CT molecular complexity index is 210. The van der Waals surface area contributed by atoms with Crippen molar-refractivity contribution in [1.29, 1.82) is 0 Å². The second-order valence-electron chi connectivity index (χ2n) is 3.73. The molecule has 0 aromatic carbocycles. The molecule has 5 heteroatoms. The third-order valence-electron chi connectivity index (χ3n) is 1.08. The number of hydrogen-bond acceptors (Lipinski definition) is 3. The first-order chi connectivity index (χ1) is 5.72. The first-order valence-electron chi connectivity index (χ1n) is 3.90. The van der Waals surface area contributed by atoms with E-state index in [4.69, 9.17) is 0 Å². The highest BCUT2D eigenvalue weighted by Gasteiger charge is 2.20. The van der Waals surface area contributed by atoms with Gasteiger partial charge in [-0.2, -0.15) is 4.39 Å². The Balaban J connectivity index is 3.96.